The van der Waals surface area contributed by atoms with Crippen molar-refractivity contribution in [1.29, 1.82) is 5.41 Å². The van der Waals surface area contributed by atoms with Gasteiger partial charge in [-0.2, -0.15) is 0 Å². The molecule has 0 saturated heterocycles. The Morgan fingerprint density at radius 2 is 2.11 bits per heavy atom. The molecule has 0 spiro atoms. The van der Waals surface area contributed by atoms with E-state index in [4.69, 9.17) is 27.5 Å². The third kappa shape index (κ3) is 5.61. The molecule has 0 atom stereocenters. The molecule has 0 aliphatic heterocycles. The zero-order chi connectivity index (χ0) is 14.6. The summed E-state index contributed by atoms with van der Waals surface area (Å²) in [5.74, 6) is -0.00509. The molecule has 0 fully saturated rings. The maximum absolute atomic E-state index is 11.7. The van der Waals surface area contributed by atoms with E-state index >= 15 is 0 Å². The van der Waals surface area contributed by atoms with Gasteiger partial charge in [0.05, 0.1) is 5.84 Å². The van der Waals surface area contributed by atoms with E-state index in [1.165, 1.54) is 0 Å². The fourth-order valence-corrected chi connectivity index (χ4v) is 1.64. The molecule has 104 valence electrons. The summed E-state index contributed by atoms with van der Waals surface area (Å²) in [5.41, 5.74) is 6.01. The maximum atomic E-state index is 11.7. The van der Waals surface area contributed by atoms with E-state index < -0.39 is 11.7 Å². The summed E-state index contributed by atoms with van der Waals surface area (Å²) in [4.78, 5) is 11.7. The van der Waals surface area contributed by atoms with Crippen LogP contribution in [-0.2, 0) is 11.2 Å². The van der Waals surface area contributed by atoms with Crippen molar-refractivity contribution in [2.24, 2.45) is 5.73 Å². The number of ether oxygens (including phenoxy) is 1. The van der Waals surface area contributed by atoms with E-state index in [0.29, 0.717) is 16.3 Å². The van der Waals surface area contributed by atoms with Crippen LogP contribution in [0.3, 0.4) is 0 Å². The lowest BCUT2D eigenvalue weighted by molar-refractivity contribution is 0.0636. The first kappa shape index (κ1) is 15.3. The Morgan fingerprint density at radius 1 is 1.47 bits per heavy atom. The van der Waals surface area contributed by atoms with Gasteiger partial charge in [-0.3, -0.25) is 10.7 Å². The Morgan fingerprint density at radius 3 is 2.63 bits per heavy atom. The third-order valence-electron chi connectivity index (χ3n) is 2.08. The van der Waals surface area contributed by atoms with Crippen LogP contribution in [0.4, 0.5) is 10.5 Å². The van der Waals surface area contributed by atoms with Crippen LogP contribution in [0, 0.1) is 5.41 Å². The molecule has 0 saturated carbocycles. The van der Waals surface area contributed by atoms with Crippen molar-refractivity contribution < 1.29 is 9.53 Å². The van der Waals surface area contributed by atoms with Crippen molar-refractivity contribution in [2.45, 2.75) is 32.8 Å². The van der Waals surface area contributed by atoms with E-state index in [1.54, 1.807) is 39.0 Å². The van der Waals surface area contributed by atoms with Crippen LogP contribution in [-0.4, -0.2) is 17.5 Å². The second-order valence-electron chi connectivity index (χ2n) is 5.13. The first-order chi connectivity index (χ1) is 8.67. The summed E-state index contributed by atoms with van der Waals surface area (Å²) in [6, 6.07) is 4.97. The molecular formula is C13H18ClN3O2. The topological polar surface area (TPSA) is 88.2 Å². The minimum Gasteiger partial charge on any atom is -0.444 e. The number of amidine groups is 1. The highest BCUT2D eigenvalue weighted by Gasteiger charge is 2.17. The van der Waals surface area contributed by atoms with Gasteiger partial charge in [0.25, 0.3) is 0 Å². The van der Waals surface area contributed by atoms with Crippen LogP contribution in [0.2, 0.25) is 5.02 Å². The summed E-state index contributed by atoms with van der Waals surface area (Å²) < 4.78 is 5.16. The third-order valence-corrected chi connectivity index (χ3v) is 2.32. The summed E-state index contributed by atoms with van der Waals surface area (Å²) in [6.45, 7) is 5.35. The summed E-state index contributed by atoms with van der Waals surface area (Å²) in [6.07, 6.45) is -0.342. The molecule has 0 aliphatic carbocycles. The number of hydrogen-bond donors (Lipinski definition) is 3. The highest BCUT2D eigenvalue weighted by molar-refractivity contribution is 6.30. The molecular weight excluding hydrogens is 266 g/mol. The lowest BCUT2D eigenvalue weighted by Crippen LogP contribution is -2.27. The smallest absolute Gasteiger partial charge is 0.412 e. The molecule has 0 bridgehead atoms. The zero-order valence-electron chi connectivity index (χ0n) is 11.2. The molecule has 1 aromatic rings. The van der Waals surface area contributed by atoms with E-state index in [-0.39, 0.29) is 12.3 Å². The Labute approximate surface area is 117 Å². The Balaban J connectivity index is 2.88. The highest BCUT2D eigenvalue weighted by Crippen LogP contribution is 2.22. The van der Waals surface area contributed by atoms with Gasteiger partial charge in [-0.1, -0.05) is 11.6 Å². The van der Waals surface area contributed by atoms with Gasteiger partial charge in [-0.05, 0) is 44.5 Å². The number of rotatable bonds is 3. The van der Waals surface area contributed by atoms with Gasteiger partial charge in [0.15, 0.2) is 0 Å². The van der Waals surface area contributed by atoms with Crippen molar-refractivity contribution in [3.05, 3.63) is 28.8 Å². The fraction of sp³-hybridized carbons (Fsp3) is 0.385. The number of amides is 1. The summed E-state index contributed by atoms with van der Waals surface area (Å²) in [7, 11) is 0. The summed E-state index contributed by atoms with van der Waals surface area (Å²) >= 11 is 5.89. The minimum atomic E-state index is -0.572. The Kier molecular flexibility index (Phi) is 4.78. The first-order valence-electron chi connectivity index (χ1n) is 5.79. The van der Waals surface area contributed by atoms with Crippen molar-refractivity contribution in [3.63, 3.8) is 0 Å². The fourth-order valence-electron chi connectivity index (χ4n) is 1.45. The number of nitrogens with one attached hydrogen (secondary N) is 2. The molecule has 1 rings (SSSR count). The molecule has 4 N–H and O–H groups in total. The van der Waals surface area contributed by atoms with Crippen molar-refractivity contribution in [2.75, 3.05) is 5.32 Å². The molecule has 1 aromatic carbocycles. The largest absolute Gasteiger partial charge is 0.444 e. The standard InChI is InChI=1S/C13H18ClN3O2/c1-13(2,3)19-12(18)17-10-5-4-9(14)6-8(10)7-11(15)16/h4-6H,7H2,1-3H3,(H3,15,16)(H,17,18). The quantitative estimate of drug-likeness (QED) is 0.588. The average Bonchev–Trinajstić information content (AvgIpc) is 2.18. The van der Waals surface area contributed by atoms with Crippen LogP contribution in [0.5, 0.6) is 0 Å². The molecule has 1 amide bonds. The van der Waals surface area contributed by atoms with E-state index in [0.717, 1.165) is 0 Å². The SMILES string of the molecule is CC(C)(C)OC(=O)Nc1ccc(Cl)cc1CC(=N)N. The van der Waals surface area contributed by atoms with Gasteiger partial charge in [0.1, 0.15) is 5.60 Å². The van der Waals surface area contributed by atoms with Crippen LogP contribution in [0.1, 0.15) is 26.3 Å². The normalized spacial score (nSPS) is 10.9. The number of halogens is 1. The number of carbonyl (C=O) groups is 1. The van der Waals surface area contributed by atoms with Crippen molar-refractivity contribution in [3.8, 4) is 0 Å². The molecule has 6 heteroatoms. The molecule has 19 heavy (non-hydrogen) atoms. The van der Waals surface area contributed by atoms with E-state index in [9.17, 15) is 4.79 Å². The Bertz CT molecular complexity index is 495. The predicted molar refractivity (Wildman–Crippen MR) is 76.9 cm³/mol. The minimum absolute atomic E-state index is 0.00509. The number of benzene rings is 1. The van der Waals surface area contributed by atoms with Gasteiger partial charge in [-0.15, -0.1) is 0 Å². The number of carbonyl (C=O) groups excluding carboxylic acids is 1. The lowest BCUT2D eigenvalue weighted by atomic mass is 10.1. The Hall–Kier alpha value is -1.75. The van der Waals surface area contributed by atoms with E-state index in [1.807, 2.05) is 0 Å². The van der Waals surface area contributed by atoms with Gasteiger partial charge in [0, 0.05) is 17.1 Å². The van der Waals surface area contributed by atoms with Gasteiger partial charge in [0.2, 0.25) is 0 Å². The number of nitrogens with two attached hydrogens (primary N) is 1. The highest BCUT2D eigenvalue weighted by atomic mass is 35.5. The van der Waals surface area contributed by atoms with Crippen LogP contribution in [0.25, 0.3) is 0 Å². The molecule has 0 radical (unpaired) electrons. The van der Waals surface area contributed by atoms with Gasteiger partial charge < -0.3 is 10.5 Å². The average molecular weight is 284 g/mol. The molecule has 0 aromatic heterocycles. The van der Waals surface area contributed by atoms with Crippen molar-refractivity contribution in [1.82, 2.24) is 0 Å². The lowest BCUT2D eigenvalue weighted by Gasteiger charge is -2.20. The van der Waals surface area contributed by atoms with Crippen LogP contribution in [0.15, 0.2) is 18.2 Å². The van der Waals surface area contributed by atoms with Gasteiger partial charge >= 0.3 is 6.09 Å². The van der Waals surface area contributed by atoms with E-state index in [2.05, 4.69) is 5.32 Å². The second kappa shape index (κ2) is 5.93. The first-order valence-corrected chi connectivity index (χ1v) is 6.16. The number of anilines is 1. The molecule has 5 nitrogen and oxygen atoms in total. The molecule has 0 aliphatic rings. The zero-order valence-corrected chi connectivity index (χ0v) is 12.0. The number of hydrogen-bond acceptors (Lipinski definition) is 3. The summed E-state index contributed by atoms with van der Waals surface area (Å²) in [5, 5.41) is 10.5. The monoisotopic (exact) mass is 283 g/mol. The van der Waals surface area contributed by atoms with Crippen molar-refractivity contribution >= 4 is 29.2 Å². The maximum Gasteiger partial charge on any atom is 0.412 e. The molecule has 0 heterocycles. The molecule has 0 unspecified atom stereocenters. The predicted octanol–water partition coefficient (Wildman–Crippen LogP) is 3.17. The van der Waals surface area contributed by atoms with Crippen LogP contribution < -0.4 is 11.1 Å². The van der Waals surface area contributed by atoms with Crippen LogP contribution >= 0.6 is 11.6 Å². The second-order valence-corrected chi connectivity index (χ2v) is 5.57. The van der Waals surface area contributed by atoms with Gasteiger partial charge in [-0.25, -0.2) is 4.79 Å².